The van der Waals surface area contributed by atoms with Crippen molar-refractivity contribution in [2.75, 3.05) is 0 Å². The smallest absolute Gasteiger partial charge is 0.172 e. The van der Waals surface area contributed by atoms with Crippen molar-refractivity contribution in [2.45, 2.75) is 13.3 Å². The third kappa shape index (κ3) is 2.71. The summed E-state index contributed by atoms with van der Waals surface area (Å²) in [5.41, 5.74) is 0.913. The number of hydrogen-bond acceptors (Lipinski definition) is 2. The van der Waals surface area contributed by atoms with Gasteiger partial charge in [0.05, 0.1) is 9.90 Å². The van der Waals surface area contributed by atoms with Gasteiger partial charge in [0, 0.05) is 21.9 Å². The molecule has 0 atom stereocenters. The first kappa shape index (κ1) is 12.6. The van der Waals surface area contributed by atoms with Gasteiger partial charge in [0.1, 0.15) is 0 Å². The van der Waals surface area contributed by atoms with Gasteiger partial charge in [-0.25, -0.2) is 0 Å². The van der Waals surface area contributed by atoms with Crippen molar-refractivity contribution in [3.63, 3.8) is 0 Å². The van der Waals surface area contributed by atoms with Gasteiger partial charge in [0.2, 0.25) is 0 Å². The second-order valence-electron chi connectivity index (χ2n) is 3.56. The fourth-order valence-corrected chi connectivity index (χ4v) is 3.12. The maximum atomic E-state index is 11.6. The number of Topliss-reactive ketones (excluding diaryl/α,β-unsaturated/α-hetero) is 1. The van der Waals surface area contributed by atoms with Crippen LogP contribution in [-0.4, -0.2) is 5.78 Å². The van der Waals surface area contributed by atoms with E-state index in [-0.39, 0.29) is 5.78 Å². The van der Waals surface area contributed by atoms with E-state index in [4.69, 9.17) is 23.2 Å². The van der Waals surface area contributed by atoms with Crippen LogP contribution in [0.15, 0.2) is 30.3 Å². The zero-order valence-electron chi connectivity index (χ0n) is 9.17. The molecule has 0 bridgehead atoms. The van der Waals surface area contributed by atoms with Crippen LogP contribution in [0.5, 0.6) is 0 Å². The van der Waals surface area contributed by atoms with Gasteiger partial charge in [0.15, 0.2) is 5.78 Å². The van der Waals surface area contributed by atoms with E-state index in [1.54, 1.807) is 12.1 Å². The lowest BCUT2D eigenvalue weighted by atomic mass is 10.2. The van der Waals surface area contributed by atoms with Crippen LogP contribution in [0.4, 0.5) is 0 Å². The van der Waals surface area contributed by atoms with Gasteiger partial charge in [-0.15, -0.1) is 11.3 Å². The SMILES string of the molecule is CCC(=O)c1ccc(-c2ccc(Cl)cc2Cl)s1. The van der Waals surface area contributed by atoms with Crippen molar-refractivity contribution in [3.8, 4) is 10.4 Å². The molecule has 0 saturated heterocycles. The molecule has 0 N–H and O–H groups in total. The van der Waals surface area contributed by atoms with Crippen LogP contribution in [-0.2, 0) is 0 Å². The van der Waals surface area contributed by atoms with Crippen molar-refractivity contribution in [1.29, 1.82) is 0 Å². The van der Waals surface area contributed by atoms with E-state index >= 15 is 0 Å². The van der Waals surface area contributed by atoms with E-state index in [0.29, 0.717) is 16.5 Å². The highest BCUT2D eigenvalue weighted by molar-refractivity contribution is 7.17. The Morgan fingerprint density at radius 2 is 2.00 bits per heavy atom. The lowest BCUT2D eigenvalue weighted by molar-refractivity contribution is 0.0992. The number of carbonyl (C=O) groups excluding carboxylic acids is 1. The fraction of sp³-hybridized carbons (Fsp3) is 0.154. The number of carbonyl (C=O) groups is 1. The van der Waals surface area contributed by atoms with E-state index in [9.17, 15) is 4.79 Å². The van der Waals surface area contributed by atoms with Crippen LogP contribution in [0, 0.1) is 0 Å². The van der Waals surface area contributed by atoms with E-state index in [2.05, 4.69) is 0 Å². The Morgan fingerprint density at radius 3 is 2.65 bits per heavy atom. The minimum Gasteiger partial charge on any atom is -0.293 e. The number of rotatable bonds is 3. The average Bonchev–Trinajstić information content (AvgIpc) is 2.77. The molecule has 0 spiro atoms. The summed E-state index contributed by atoms with van der Waals surface area (Å²) in [7, 11) is 0. The second-order valence-corrected chi connectivity index (χ2v) is 5.49. The summed E-state index contributed by atoms with van der Waals surface area (Å²) in [6.45, 7) is 1.86. The number of benzene rings is 1. The van der Waals surface area contributed by atoms with Gasteiger partial charge in [-0.2, -0.15) is 0 Å². The van der Waals surface area contributed by atoms with Crippen molar-refractivity contribution in [2.24, 2.45) is 0 Å². The largest absolute Gasteiger partial charge is 0.293 e. The molecule has 1 aromatic heterocycles. The molecule has 1 aromatic carbocycles. The van der Waals surface area contributed by atoms with E-state index in [1.165, 1.54) is 11.3 Å². The van der Waals surface area contributed by atoms with Gasteiger partial charge >= 0.3 is 0 Å². The predicted octanol–water partition coefficient (Wildman–Crippen LogP) is 5.31. The van der Waals surface area contributed by atoms with Crippen LogP contribution in [0.3, 0.4) is 0 Å². The molecule has 0 radical (unpaired) electrons. The Balaban J connectivity index is 2.40. The Labute approximate surface area is 114 Å². The van der Waals surface area contributed by atoms with Crippen molar-refractivity contribution < 1.29 is 4.79 Å². The summed E-state index contributed by atoms with van der Waals surface area (Å²) in [6, 6.07) is 9.14. The molecule has 0 fully saturated rings. The van der Waals surface area contributed by atoms with Gasteiger partial charge in [0.25, 0.3) is 0 Å². The third-order valence-electron chi connectivity index (χ3n) is 2.40. The first-order valence-electron chi connectivity index (χ1n) is 5.20. The van der Waals surface area contributed by atoms with E-state index in [1.807, 2.05) is 25.1 Å². The molecule has 88 valence electrons. The van der Waals surface area contributed by atoms with Gasteiger partial charge < -0.3 is 0 Å². The van der Waals surface area contributed by atoms with Crippen molar-refractivity contribution >= 4 is 40.3 Å². The lowest BCUT2D eigenvalue weighted by Gasteiger charge is -2.01. The minimum absolute atomic E-state index is 0.159. The highest BCUT2D eigenvalue weighted by atomic mass is 35.5. The molecule has 2 aromatic rings. The van der Waals surface area contributed by atoms with Crippen LogP contribution >= 0.6 is 34.5 Å². The topological polar surface area (TPSA) is 17.1 Å². The first-order valence-corrected chi connectivity index (χ1v) is 6.77. The molecule has 17 heavy (non-hydrogen) atoms. The molecule has 0 unspecified atom stereocenters. The minimum atomic E-state index is 0.159. The zero-order chi connectivity index (χ0) is 12.4. The van der Waals surface area contributed by atoms with Crippen molar-refractivity contribution in [3.05, 3.63) is 45.3 Å². The Bertz CT molecular complexity index is 560. The lowest BCUT2D eigenvalue weighted by Crippen LogP contribution is -1.90. The number of hydrogen-bond donors (Lipinski definition) is 0. The number of ketones is 1. The van der Waals surface area contributed by atoms with Gasteiger partial charge in [-0.05, 0) is 24.3 Å². The molecule has 2 rings (SSSR count). The predicted molar refractivity (Wildman–Crippen MR) is 74.4 cm³/mol. The molecule has 1 heterocycles. The monoisotopic (exact) mass is 284 g/mol. The Kier molecular flexibility index (Phi) is 3.87. The molecule has 0 aliphatic heterocycles. The Hall–Kier alpha value is -0.830. The molecular formula is C13H10Cl2OS. The quantitative estimate of drug-likeness (QED) is 0.698. The average molecular weight is 285 g/mol. The summed E-state index contributed by atoms with van der Waals surface area (Å²) in [5.74, 6) is 0.159. The molecule has 0 aliphatic carbocycles. The van der Waals surface area contributed by atoms with Crippen molar-refractivity contribution in [1.82, 2.24) is 0 Å². The van der Waals surface area contributed by atoms with Gasteiger partial charge in [-0.1, -0.05) is 36.2 Å². The van der Waals surface area contributed by atoms with Crippen LogP contribution < -0.4 is 0 Å². The maximum absolute atomic E-state index is 11.6. The fourth-order valence-electron chi connectivity index (χ4n) is 1.50. The van der Waals surface area contributed by atoms with E-state index in [0.717, 1.165) is 15.3 Å². The molecule has 0 aliphatic rings. The number of halogens is 2. The maximum Gasteiger partial charge on any atom is 0.172 e. The third-order valence-corrected chi connectivity index (χ3v) is 4.11. The van der Waals surface area contributed by atoms with Crippen LogP contribution in [0.25, 0.3) is 10.4 Å². The highest BCUT2D eigenvalue weighted by Crippen LogP contribution is 2.35. The van der Waals surface area contributed by atoms with Gasteiger partial charge in [-0.3, -0.25) is 4.79 Å². The van der Waals surface area contributed by atoms with Crippen LogP contribution in [0.2, 0.25) is 10.0 Å². The summed E-state index contributed by atoms with van der Waals surface area (Å²) in [4.78, 5) is 13.3. The van der Waals surface area contributed by atoms with E-state index < -0.39 is 0 Å². The molecule has 1 nitrogen and oxygen atoms in total. The molecule has 0 saturated carbocycles. The second kappa shape index (κ2) is 5.21. The van der Waals surface area contributed by atoms with Crippen LogP contribution in [0.1, 0.15) is 23.0 Å². The summed E-state index contributed by atoms with van der Waals surface area (Å²) >= 11 is 13.4. The molecular weight excluding hydrogens is 275 g/mol. The molecule has 4 heteroatoms. The number of thiophene rings is 1. The normalized spacial score (nSPS) is 10.5. The summed E-state index contributed by atoms with van der Waals surface area (Å²) in [6.07, 6.45) is 0.522. The molecule has 0 amide bonds. The summed E-state index contributed by atoms with van der Waals surface area (Å²) in [5, 5.41) is 1.22. The Morgan fingerprint density at radius 1 is 1.24 bits per heavy atom. The summed E-state index contributed by atoms with van der Waals surface area (Å²) < 4.78 is 0. The standard InChI is InChI=1S/C13H10Cl2OS/c1-2-11(16)13-6-5-12(17-13)9-4-3-8(14)7-10(9)15/h3-7H,2H2,1H3. The highest BCUT2D eigenvalue weighted by Gasteiger charge is 2.10. The first-order chi connectivity index (χ1) is 8.11. The zero-order valence-corrected chi connectivity index (χ0v) is 11.5.